The Kier molecular flexibility index (Phi) is 5.81. The highest BCUT2D eigenvalue weighted by atomic mass is 35.5. The lowest BCUT2D eigenvalue weighted by Crippen LogP contribution is -2.48. The summed E-state index contributed by atoms with van der Waals surface area (Å²) in [5.41, 5.74) is 1.66. The van der Waals surface area contributed by atoms with Gasteiger partial charge in [-0.1, -0.05) is 47.5 Å². The van der Waals surface area contributed by atoms with Gasteiger partial charge in [0.1, 0.15) is 11.5 Å². The number of hydrogen-bond acceptors (Lipinski definition) is 5. The molecule has 1 aromatic heterocycles. The number of halogens is 2. The number of aldehydes is 1. The Bertz CT molecular complexity index is 1010. The minimum absolute atomic E-state index is 0.196. The molecule has 5 nitrogen and oxygen atoms in total. The first kappa shape index (κ1) is 19.8. The average molecular weight is 431 g/mol. The van der Waals surface area contributed by atoms with Crippen molar-refractivity contribution < 1.29 is 14.3 Å². The summed E-state index contributed by atoms with van der Waals surface area (Å²) in [5.74, 6) is 1.09. The maximum absolute atomic E-state index is 11.1. The summed E-state index contributed by atoms with van der Waals surface area (Å²) in [7, 11) is 0. The van der Waals surface area contributed by atoms with Crippen molar-refractivity contribution >= 4 is 35.2 Å². The summed E-state index contributed by atoms with van der Waals surface area (Å²) in [6.07, 6.45) is 0.685. The number of nitrogens with zero attached hydrogens (tertiary/aromatic N) is 2. The highest BCUT2D eigenvalue weighted by molar-refractivity contribution is 6.43. The number of benzene rings is 2. The van der Waals surface area contributed by atoms with Crippen LogP contribution in [0.1, 0.15) is 27.9 Å². The number of phenolic OH excluding ortho intramolecular Hbond substituents is 1. The van der Waals surface area contributed by atoms with Crippen molar-refractivity contribution in [2.24, 2.45) is 0 Å². The number of rotatable bonds is 5. The monoisotopic (exact) mass is 430 g/mol. The zero-order valence-corrected chi connectivity index (χ0v) is 17.1. The third kappa shape index (κ3) is 3.99. The Hall–Kier alpha value is -2.47. The number of anilines is 1. The fourth-order valence-electron chi connectivity index (χ4n) is 3.79. The molecule has 29 heavy (non-hydrogen) atoms. The molecule has 1 saturated heterocycles. The van der Waals surface area contributed by atoms with Crippen LogP contribution in [0.25, 0.3) is 0 Å². The molecule has 2 heterocycles. The first-order valence-corrected chi connectivity index (χ1v) is 10.1. The van der Waals surface area contributed by atoms with Gasteiger partial charge in [0, 0.05) is 31.7 Å². The van der Waals surface area contributed by atoms with E-state index in [2.05, 4.69) is 9.80 Å². The summed E-state index contributed by atoms with van der Waals surface area (Å²) >= 11 is 12.6. The van der Waals surface area contributed by atoms with Gasteiger partial charge in [0.25, 0.3) is 0 Å². The molecule has 0 spiro atoms. The molecule has 7 heteroatoms. The van der Waals surface area contributed by atoms with Crippen LogP contribution in [0.15, 0.2) is 59.0 Å². The highest BCUT2D eigenvalue weighted by Gasteiger charge is 2.31. The number of para-hydroxylation sites is 1. The van der Waals surface area contributed by atoms with E-state index < -0.39 is 0 Å². The number of carbonyl (C=O) groups excluding carboxylic acids is 1. The Morgan fingerprint density at radius 1 is 0.966 bits per heavy atom. The molecule has 1 unspecified atom stereocenters. The van der Waals surface area contributed by atoms with E-state index in [1.165, 1.54) is 0 Å². The van der Waals surface area contributed by atoms with E-state index in [-0.39, 0.29) is 17.6 Å². The van der Waals surface area contributed by atoms with Gasteiger partial charge >= 0.3 is 0 Å². The van der Waals surface area contributed by atoms with Gasteiger partial charge in [-0.05, 0) is 30.3 Å². The van der Waals surface area contributed by atoms with E-state index in [0.717, 1.165) is 37.4 Å². The molecule has 0 amide bonds. The molecule has 4 rings (SSSR count). The van der Waals surface area contributed by atoms with Crippen LogP contribution in [0, 0.1) is 0 Å². The Morgan fingerprint density at radius 2 is 1.72 bits per heavy atom. The molecule has 2 aromatic carbocycles. The second-order valence-corrected chi connectivity index (χ2v) is 7.70. The van der Waals surface area contributed by atoms with Crippen LogP contribution in [0.3, 0.4) is 0 Å². The van der Waals surface area contributed by atoms with Crippen LogP contribution in [0.5, 0.6) is 5.75 Å². The topological polar surface area (TPSA) is 56.9 Å². The summed E-state index contributed by atoms with van der Waals surface area (Å²) < 4.78 is 5.73. The van der Waals surface area contributed by atoms with Crippen molar-refractivity contribution in [3.8, 4) is 5.75 Å². The summed E-state index contributed by atoms with van der Waals surface area (Å²) in [5, 5.41) is 11.5. The van der Waals surface area contributed by atoms with Crippen LogP contribution in [0.4, 0.5) is 5.69 Å². The van der Waals surface area contributed by atoms with Gasteiger partial charge in [0.05, 0.1) is 21.8 Å². The van der Waals surface area contributed by atoms with E-state index in [1.54, 1.807) is 30.3 Å². The molecule has 3 aromatic rings. The summed E-state index contributed by atoms with van der Waals surface area (Å²) in [4.78, 5) is 15.5. The number of hydrogen-bond donors (Lipinski definition) is 1. The Labute approximate surface area is 179 Å². The van der Waals surface area contributed by atoms with Crippen molar-refractivity contribution in [2.45, 2.75) is 6.04 Å². The van der Waals surface area contributed by atoms with Gasteiger partial charge in [-0.15, -0.1) is 0 Å². The van der Waals surface area contributed by atoms with Crippen molar-refractivity contribution in [3.63, 3.8) is 0 Å². The van der Waals surface area contributed by atoms with Crippen molar-refractivity contribution in [2.75, 3.05) is 31.1 Å². The van der Waals surface area contributed by atoms with E-state index >= 15 is 0 Å². The molecular formula is C22H20Cl2N2O3. The molecule has 0 radical (unpaired) electrons. The number of furan rings is 1. The van der Waals surface area contributed by atoms with Gasteiger partial charge in [0.2, 0.25) is 0 Å². The van der Waals surface area contributed by atoms with Crippen molar-refractivity contribution in [1.82, 2.24) is 4.90 Å². The molecule has 1 fully saturated rings. The lowest BCUT2D eigenvalue weighted by molar-refractivity contribution is 0.109. The van der Waals surface area contributed by atoms with Gasteiger partial charge in [-0.3, -0.25) is 9.69 Å². The quantitative estimate of drug-likeness (QED) is 0.576. The molecule has 1 atom stereocenters. The van der Waals surface area contributed by atoms with E-state index in [1.807, 2.05) is 24.3 Å². The van der Waals surface area contributed by atoms with Gasteiger partial charge in [-0.2, -0.15) is 0 Å². The molecule has 0 bridgehead atoms. The van der Waals surface area contributed by atoms with Gasteiger partial charge < -0.3 is 14.4 Å². The van der Waals surface area contributed by atoms with Crippen LogP contribution < -0.4 is 4.90 Å². The van der Waals surface area contributed by atoms with Crippen molar-refractivity contribution in [3.05, 3.63) is 81.7 Å². The van der Waals surface area contributed by atoms with Gasteiger partial charge in [0.15, 0.2) is 12.0 Å². The second kappa shape index (κ2) is 8.49. The van der Waals surface area contributed by atoms with Crippen LogP contribution in [-0.4, -0.2) is 42.5 Å². The normalized spacial score (nSPS) is 16.0. The zero-order valence-electron chi connectivity index (χ0n) is 15.6. The summed E-state index contributed by atoms with van der Waals surface area (Å²) in [6, 6.07) is 16.0. The number of aromatic hydroxyl groups is 1. The second-order valence-electron chi connectivity index (χ2n) is 6.92. The summed E-state index contributed by atoms with van der Waals surface area (Å²) in [6.45, 7) is 2.93. The van der Waals surface area contributed by atoms with E-state index in [0.29, 0.717) is 22.1 Å². The first-order valence-electron chi connectivity index (χ1n) is 9.34. The molecule has 150 valence electrons. The minimum Gasteiger partial charge on any atom is -0.508 e. The Balaban J connectivity index is 1.61. The number of piperazine rings is 1. The van der Waals surface area contributed by atoms with E-state index in [4.69, 9.17) is 27.6 Å². The predicted molar refractivity (Wildman–Crippen MR) is 114 cm³/mol. The number of carbonyl (C=O) groups is 1. The number of phenols is 1. The maximum Gasteiger partial charge on any atom is 0.185 e. The lowest BCUT2D eigenvalue weighted by atomic mass is 10.0. The smallest absolute Gasteiger partial charge is 0.185 e. The SMILES string of the molecule is O=Cc1ccc(C(c2ccccc2O)N2CCN(c3cccc(Cl)c3Cl)CC2)o1. The predicted octanol–water partition coefficient (Wildman–Crippen LogP) is 5.02. The maximum atomic E-state index is 11.1. The molecule has 1 aliphatic heterocycles. The van der Waals surface area contributed by atoms with E-state index in [9.17, 15) is 9.90 Å². The fraction of sp³-hybridized carbons (Fsp3) is 0.227. The van der Waals surface area contributed by atoms with Crippen molar-refractivity contribution in [1.29, 1.82) is 0 Å². The standard InChI is InChI=1S/C22H20Cl2N2O3/c23-17-5-3-6-18(21(17)24)25-10-12-26(13-11-25)22(16-4-1-2-7-19(16)28)20-9-8-15(14-27)29-20/h1-9,14,22,28H,10-13H2. The molecular weight excluding hydrogens is 411 g/mol. The fourth-order valence-corrected chi connectivity index (χ4v) is 4.20. The molecule has 0 saturated carbocycles. The van der Waals surface area contributed by atoms with Crippen LogP contribution in [0.2, 0.25) is 10.0 Å². The third-order valence-corrected chi connectivity index (χ3v) is 6.02. The Morgan fingerprint density at radius 3 is 2.41 bits per heavy atom. The highest BCUT2D eigenvalue weighted by Crippen LogP contribution is 2.37. The first-order chi connectivity index (χ1) is 14.1. The third-order valence-electron chi connectivity index (χ3n) is 5.22. The largest absolute Gasteiger partial charge is 0.508 e. The van der Waals surface area contributed by atoms with Gasteiger partial charge in [-0.25, -0.2) is 0 Å². The average Bonchev–Trinajstić information content (AvgIpc) is 3.21. The van der Waals surface area contributed by atoms with Crippen LogP contribution >= 0.6 is 23.2 Å². The van der Waals surface area contributed by atoms with Crippen LogP contribution in [-0.2, 0) is 0 Å². The molecule has 1 N–H and O–H groups in total. The molecule has 0 aliphatic carbocycles. The zero-order chi connectivity index (χ0) is 20.4. The lowest BCUT2D eigenvalue weighted by Gasteiger charge is -2.40. The molecule has 1 aliphatic rings. The minimum atomic E-state index is -0.290.